The summed E-state index contributed by atoms with van der Waals surface area (Å²) in [7, 11) is 0.854. The second-order valence-corrected chi connectivity index (χ2v) is 4.26. The maximum atomic E-state index is 5.54. The highest BCUT2D eigenvalue weighted by atomic mass is 28.2. The van der Waals surface area contributed by atoms with Crippen molar-refractivity contribution in [2.75, 3.05) is 0 Å². The summed E-state index contributed by atoms with van der Waals surface area (Å²) in [5.74, 6) is 0.694. The predicted octanol–water partition coefficient (Wildman–Crippen LogP) is 1.89. The normalized spacial score (nSPS) is 15.3. The van der Waals surface area contributed by atoms with E-state index in [1.165, 1.54) is 19.3 Å². The topological polar surface area (TPSA) is 9.23 Å². The summed E-state index contributed by atoms with van der Waals surface area (Å²) in [6.07, 6.45) is 3.92. The lowest BCUT2D eigenvalue weighted by molar-refractivity contribution is 0.0564. The van der Waals surface area contributed by atoms with Crippen molar-refractivity contribution in [2.45, 2.75) is 52.6 Å². The Balaban J connectivity index is 3.71. The standard InChI is InChI=1S/C9H22OSi/c1-5-6-7-8(2)9(3,4)10-11/h8H,5-7H2,1-4,11H3. The van der Waals surface area contributed by atoms with Gasteiger partial charge in [-0.05, 0) is 26.2 Å². The van der Waals surface area contributed by atoms with E-state index in [2.05, 4.69) is 27.7 Å². The summed E-state index contributed by atoms with van der Waals surface area (Å²) in [4.78, 5) is 0. The van der Waals surface area contributed by atoms with Gasteiger partial charge in [0.2, 0.25) is 0 Å². The van der Waals surface area contributed by atoms with Crippen molar-refractivity contribution in [3.8, 4) is 0 Å². The van der Waals surface area contributed by atoms with Crippen molar-refractivity contribution in [3.63, 3.8) is 0 Å². The number of rotatable bonds is 5. The molecule has 0 aromatic rings. The molecule has 11 heavy (non-hydrogen) atoms. The van der Waals surface area contributed by atoms with Crippen LogP contribution >= 0.6 is 0 Å². The SMILES string of the molecule is CCCCC(C)C(C)(C)O[SiH3]. The monoisotopic (exact) mass is 174 g/mol. The zero-order valence-corrected chi connectivity index (χ0v) is 10.6. The van der Waals surface area contributed by atoms with Gasteiger partial charge in [0.15, 0.2) is 0 Å². The summed E-state index contributed by atoms with van der Waals surface area (Å²) in [5, 5.41) is 0. The van der Waals surface area contributed by atoms with Crippen LogP contribution in [0.15, 0.2) is 0 Å². The molecule has 68 valence electrons. The highest BCUT2D eigenvalue weighted by molar-refractivity contribution is 5.98. The van der Waals surface area contributed by atoms with E-state index >= 15 is 0 Å². The second kappa shape index (κ2) is 4.94. The fourth-order valence-electron chi connectivity index (χ4n) is 1.06. The van der Waals surface area contributed by atoms with Crippen molar-refractivity contribution in [2.24, 2.45) is 5.92 Å². The van der Waals surface area contributed by atoms with Crippen LogP contribution in [0.4, 0.5) is 0 Å². The molecule has 0 spiro atoms. The molecule has 1 nitrogen and oxygen atoms in total. The first kappa shape index (κ1) is 11.2. The van der Waals surface area contributed by atoms with Crippen molar-refractivity contribution in [1.29, 1.82) is 0 Å². The van der Waals surface area contributed by atoms with Crippen LogP contribution in [0, 0.1) is 5.92 Å². The van der Waals surface area contributed by atoms with E-state index in [0.717, 1.165) is 10.5 Å². The van der Waals surface area contributed by atoms with Crippen molar-refractivity contribution < 1.29 is 4.43 Å². The third kappa shape index (κ3) is 3.92. The van der Waals surface area contributed by atoms with Gasteiger partial charge in [-0.15, -0.1) is 0 Å². The molecule has 0 heterocycles. The molecule has 0 fully saturated rings. The van der Waals surface area contributed by atoms with E-state index in [-0.39, 0.29) is 5.60 Å². The molecule has 0 aliphatic heterocycles. The van der Waals surface area contributed by atoms with Crippen molar-refractivity contribution in [3.05, 3.63) is 0 Å². The molecular formula is C9H22OSi. The van der Waals surface area contributed by atoms with Crippen LogP contribution in [0.2, 0.25) is 0 Å². The maximum Gasteiger partial charge on any atom is 0.146 e. The first-order valence-electron chi connectivity index (χ1n) is 4.59. The Morgan fingerprint density at radius 2 is 2.00 bits per heavy atom. The Morgan fingerprint density at radius 3 is 2.36 bits per heavy atom. The molecule has 0 aromatic heterocycles. The van der Waals surface area contributed by atoms with Crippen LogP contribution in [0.25, 0.3) is 0 Å². The highest BCUT2D eigenvalue weighted by Crippen LogP contribution is 2.24. The van der Waals surface area contributed by atoms with Gasteiger partial charge in [-0.2, -0.15) is 0 Å². The lowest BCUT2D eigenvalue weighted by Gasteiger charge is -2.31. The Hall–Kier alpha value is 0.177. The number of hydrogen-bond donors (Lipinski definition) is 0. The Labute approximate surface area is 74.1 Å². The van der Waals surface area contributed by atoms with Gasteiger partial charge in [0.1, 0.15) is 10.5 Å². The van der Waals surface area contributed by atoms with E-state index in [1.807, 2.05) is 0 Å². The average Bonchev–Trinajstić information content (AvgIpc) is 2.00. The molecule has 0 rings (SSSR count). The minimum atomic E-state index is 0.112. The van der Waals surface area contributed by atoms with Gasteiger partial charge >= 0.3 is 0 Å². The molecule has 0 saturated heterocycles. The van der Waals surface area contributed by atoms with Gasteiger partial charge in [0, 0.05) is 0 Å². The zero-order chi connectivity index (χ0) is 8.91. The van der Waals surface area contributed by atoms with E-state index in [4.69, 9.17) is 4.43 Å². The van der Waals surface area contributed by atoms with Gasteiger partial charge in [0.25, 0.3) is 0 Å². The minimum Gasteiger partial charge on any atom is -0.423 e. The fourth-order valence-corrected chi connectivity index (χ4v) is 1.46. The average molecular weight is 174 g/mol. The first-order chi connectivity index (χ1) is 5.04. The van der Waals surface area contributed by atoms with Crippen LogP contribution in [0.5, 0.6) is 0 Å². The Morgan fingerprint density at radius 1 is 1.45 bits per heavy atom. The molecule has 0 aliphatic carbocycles. The van der Waals surface area contributed by atoms with Gasteiger partial charge in [-0.1, -0.05) is 26.7 Å². The second-order valence-electron chi connectivity index (χ2n) is 3.85. The molecule has 0 aliphatic rings. The summed E-state index contributed by atoms with van der Waals surface area (Å²) in [6, 6.07) is 0. The number of hydrogen-bond acceptors (Lipinski definition) is 1. The van der Waals surface area contributed by atoms with E-state index in [9.17, 15) is 0 Å². The molecule has 0 aromatic carbocycles. The van der Waals surface area contributed by atoms with Gasteiger partial charge in [-0.3, -0.25) is 0 Å². The lowest BCUT2D eigenvalue weighted by Crippen LogP contribution is -2.31. The lowest BCUT2D eigenvalue weighted by atomic mass is 9.88. The van der Waals surface area contributed by atoms with E-state index in [0.29, 0.717) is 5.92 Å². The fraction of sp³-hybridized carbons (Fsp3) is 1.00. The molecule has 1 atom stereocenters. The van der Waals surface area contributed by atoms with Crippen LogP contribution in [-0.4, -0.2) is 16.1 Å². The predicted molar refractivity (Wildman–Crippen MR) is 53.8 cm³/mol. The van der Waals surface area contributed by atoms with Crippen LogP contribution in [0.1, 0.15) is 47.0 Å². The Kier molecular flexibility index (Phi) is 5.02. The maximum absolute atomic E-state index is 5.54. The summed E-state index contributed by atoms with van der Waals surface area (Å²) >= 11 is 0. The molecule has 0 bridgehead atoms. The summed E-state index contributed by atoms with van der Waals surface area (Å²) < 4.78 is 5.54. The molecule has 0 N–H and O–H groups in total. The quantitative estimate of drug-likeness (QED) is 0.578. The van der Waals surface area contributed by atoms with E-state index in [1.54, 1.807) is 0 Å². The largest absolute Gasteiger partial charge is 0.423 e. The van der Waals surface area contributed by atoms with Gasteiger partial charge in [-0.25, -0.2) is 0 Å². The van der Waals surface area contributed by atoms with Crippen LogP contribution in [-0.2, 0) is 4.43 Å². The van der Waals surface area contributed by atoms with Gasteiger partial charge in [0.05, 0.1) is 5.60 Å². The smallest absolute Gasteiger partial charge is 0.146 e. The zero-order valence-electron chi connectivity index (χ0n) is 8.61. The molecular weight excluding hydrogens is 152 g/mol. The molecule has 0 amide bonds. The highest BCUT2D eigenvalue weighted by Gasteiger charge is 2.23. The Bertz CT molecular complexity index is 102. The molecule has 0 saturated carbocycles. The third-order valence-corrected chi connectivity index (χ3v) is 3.76. The molecule has 1 unspecified atom stereocenters. The molecule has 0 radical (unpaired) electrons. The molecule has 2 heteroatoms. The van der Waals surface area contributed by atoms with Gasteiger partial charge < -0.3 is 4.43 Å². The summed E-state index contributed by atoms with van der Waals surface area (Å²) in [6.45, 7) is 8.91. The van der Waals surface area contributed by atoms with Crippen molar-refractivity contribution in [1.82, 2.24) is 0 Å². The third-order valence-electron chi connectivity index (χ3n) is 2.70. The van der Waals surface area contributed by atoms with Crippen LogP contribution in [0.3, 0.4) is 0 Å². The van der Waals surface area contributed by atoms with Crippen LogP contribution < -0.4 is 0 Å². The van der Waals surface area contributed by atoms with E-state index < -0.39 is 0 Å². The van der Waals surface area contributed by atoms with Crippen molar-refractivity contribution >= 4 is 10.5 Å². The minimum absolute atomic E-state index is 0.112. The first-order valence-corrected chi connectivity index (χ1v) is 5.41. The summed E-state index contributed by atoms with van der Waals surface area (Å²) in [5.41, 5.74) is 0.112. The number of unbranched alkanes of at least 4 members (excludes halogenated alkanes) is 1.